The van der Waals surface area contributed by atoms with E-state index in [1.165, 1.54) is 51.4 Å². The molecule has 0 spiro atoms. The number of carbonyl (C=O) groups is 2. The molecule has 0 aromatic carbocycles. The Hall–Kier alpha value is -1.04. The number of carbonyl (C=O) groups excluding carboxylic acids is 2. The third-order valence-corrected chi connectivity index (χ3v) is 11.0. The van der Waals surface area contributed by atoms with E-state index in [1.807, 2.05) is 0 Å². The maximum Gasteiger partial charge on any atom is 0.472 e. The number of aliphatic hydroxyl groups excluding tert-OH is 4. The number of esters is 2. The standard InChI is InChI=1S/C36H71NO16P2/c1-2-3-4-5-6-7-8-9-10-11-15-18-21-24-30(39)51-28(26-49-29(38)23-20-17-14-12-13-16-19-22-25-37)27-50-55(47,48)53-36-33(42)31(40)32(41)35(34(36)43)52-54(44,45)46/h28,31-36,40-43H,2-27,37H2,1H3,(H,47,48)(H2,44,45,46)/t28-,31+,32?,33?,34-,35-,36?/m1/s1. The van der Waals surface area contributed by atoms with Gasteiger partial charge in [-0.25, -0.2) is 9.13 Å². The quantitative estimate of drug-likeness (QED) is 0.0245. The van der Waals surface area contributed by atoms with Crippen molar-refractivity contribution in [1.82, 2.24) is 0 Å². The fourth-order valence-electron chi connectivity index (χ4n) is 6.33. The van der Waals surface area contributed by atoms with Crippen LogP contribution in [0.25, 0.3) is 0 Å². The Morgan fingerprint density at radius 2 is 0.982 bits per heavy atom. The lowest BCUT2D eigenvalue weighted by atomic mass is 9.85. The van der Waals surface area contributed by atoms with E-state index >= 15 is 0 Å². The normalized spacial score (nSPS) is 23.3. The zero-order valence-corrected chi connectivity index (χ0v) is 34.5. The number of hydrogen-bond donors (Lipinski definition) is 8. The summed E-state index contributed by atoms with van der Waals surface area (Å²) in [6, 6.07) is 0. The highest BCUT2D eigenvalue weighted by atomic mass is 31.2. The average molecular weight is 836 g/mol. The molecule has 1 rings (SSSR count). The van der Waals surface area contributed by atoms with Crippen LogP contribution in [0, 0.1) is 0 Å². The van der Waals surface area contributed by atoms with Gasteiger partial charge in [0.15, 0.2) is 6.10 Å². The molecule has 0 bridgehead atoms. The molecule has 326 valence electrons. The van der Waals surface area contributed by atoms with Crippen molar-refractivity contribution >= 4 is 27.6 Å². The van der Waals surface area contributed by atoms with Gasteiger partial charge < -0.3 is 50.3 Å². The second kappa shape index (κ2) is 30.1. The van der Waals surface area contributed by atoms with Gasteiger partial charge >= 0.3 is 27.6 Å². The molecular weight excluding hydrogens is 764 g/mol. The molecule has 0 amide bonds. The third kappa shape index (κ3) is 25.1. The summed E-state index contributed by atoms with van der Waals surface area (Å²) in [5.41, 5.74) is 5.51. The number of nitrogens with two attached hydrogens (primary N) is 1. The Labute approximate surface area is 326 Å². The van der Waals surface area contributed by atoms with Crippen molar-refractivity contribution in [2.24, 2.45) is 5.73 Å². The first kappa shape index (κ1) is 52.0. The second-order valence-corrected chi connectivity index (χ2v) is 17.1. The van der Waals surface area contributed by atoms with Crippen LogP contribution in [0.4, 0.5) is 0 Å². The molecule has 0 aromatic heterocycles. The van der Waals surface area contributed by atoms with E-state index in [0.29, 0.717) is 19.4 Å². The van der Waals surface area contributed by atoms with Gasteiger partial charge in [0, 0.05) is 12.8 Å². The van der Waals surface area contributed by atoms with Gasteiger partial charge in [0.25, 0.3) is 0 Å². The highest BCUT2D eigenvalue weighted by Gasteiger charge is 2.54. The summed E-state index contributed by atoms with van der Waals surface area (Å²) in [4.78, 5) is 53.8. The SMILES string of the molecule is CCCCCCCCCCCCCCCC(=O)O[C@H](COC(=O)CCCCCCCCCCN)COP(=O)(O)OC1C(O)[C@@H](O)C(O)[C@@H](OP(=O)(O)O)[C@H]1O. The van der Waals surface area contributed by atoms with Crippen LogP contribution in [0.1, 0.15) is 155 Å². The molecule has 8 atom stereocenters. The van der Waals surface area contributed by atoms with E-state index in [0.717, 1.165) is 70.6 Å². The van der Waals surface area contributed by atoms with Crippen LogP contribution in [0.15, 0.2) is 0 Å². The number of unbranched alkanes of at least 4 members (excludes halogenated alkanes) is 19. The highest BCUT2D eigenvalue weighted by Crippen LogP contribution is 2.49. The van der Waals surface area contributed by atoms with Gasteiger partial charge in [-0.1, -0.05) is 122 Å². The molecular formula is C36H71NO16P2. The van der Waals surface area contributed by atoms with Crippen molar-refractivity contribution in [3.05, 3.63) is 0 Å². The van der Waals surface area contributed by atoms with E-state index in [1.54, 1.807) is 0 Å². The summed E-state index contributed by atoms with van der Waals surface area (Å²) in [5.74, 6) is -1.22. The molecule has 1 aliphatic rings. The highest BCUT2D eigenvalue weighted by molar-refractivity contribution is 7.47. The summed E-state index contributed by atoms with van der Waals surface area (Å²) in [6.45, 7) is 1.55. The van der Waals surface area contributed by atoms with Gasteiger partial charge in [-0.15, -0.1) is 0 Å². The van der Waals surface area contributed by atoms with Gasteiger partial charge in [-0.05, 0) is 25.8 Å². The van der Waals surface area contributed by atoms with Crippen LogP contribution in [0.2, 0.25) is 0 Å². The Balaban J connectivity index is 2.66. The lowest BCUT2D eigenvalue weighted by molar-refractivity contribution is -0.216. The summed E-state index contributed by atoms with van der Waals surface area (Å²) in [7, 11) is -10.6. The lowest BCUT2D eigenvalue weighted by Gasteiger charge is -2.43. The Morgan fingerprint density at radius 1 is 0.564 bits per heavy atom. The molecule has 1 saturated carbocycles. The molecule has 0 aliphatic heterocycles. The minimum Gasteiger partial charge on any atom is -0.462 e. The molecule has 19 heteroatoms. The van der Waals surface area contributed by atoms with E-state index < -0.39 is 83.5 Å². The largest absolute Gasteiger partial charge is 0.472 e. The molecule has 0 radical (unpaired) electrons. The average Bonchev–Trinajstić information content (AvgIpc) is 3.13. The van der Waals surface area contributed by atoms with Gasteiger partial charge in [0.1, 0.15) is 43.2 Å². The Bertz CT molecular complexity index is 1110. The first-order valence-corrected chi connectivity index (χ1v) is 23.3. The third-order valence-electron chi connectivity index (χ3n) is 9.53. The summed E-state index contributed by atoms with van der Waals surface area (Å²) in [6.07, 6.45) is 7.70. The fraction of sp³-hybridized carbons (Fsp3) is 0.944. The van der Waals surface area contributed by atoms with Crippen LogP contribution >= 0.6 is 15.6 Å². The van der Waals surface area contributed by atoms with Gasteiger partial charge in [0.2, 0.25) is 0 Å². The van der Waals surface area contributed by atoms with E-state index in [9.17, 15) is 44.0 Å². The predicted molar refractivity (Wildman–Crippen MR) is 203 cm³/mol. The first-order chi connectivity index (χ1) is 26.1. The molecule has 9 N–H and O–H groups in total. The minimum atomic E-state index is -5.35. The van der Waals surface area contributed by atoms with Crippen molar-refractivity contribution in [2.45, 2.75) is 197 Å². The molecule has 4 unspecified atom stereocenters. The Morgan fingerprint density at radius 3 is 1.44 bits per heavy atom. The number of hydrogen-bond acceptors (Lipinski definition) is 14. The fourth-order valence-corrected chi connectivity index (χ4v) is 7.87. The zero-order valence-electron chi connectivity index (χ0n) is 32.7. The molecule has 55 heavy (non-hydrogen) atoms. The maximum absolute atomic E-state index is 12.9. The van der Waals surface area contributed by atoms with E-state index in [4.69, 9.17) is 34.0 Å². The van der Waals surface area contributed by atoms with Crippen LogP contribution in [-0.2, 0) is 41.8 Å². The maximum atomic E-state index is 12.9. The molecule has 1 aliphatic carbocycles. The van der Waals surface area contributed by atoms with E-state index in [2.05, 4.69) is 11.4 Å². The number of aliphatic hydroxyl groups is 4. The molecule has 0 aromatic rings. The van der Waals surface area contributed by atoms with Crippen LogP contribution in [0.3, 0.4) is 0 Å². The summed E-state index contributed by atoms with van der Waals surface area (Å²) >= 11 is 0. The molecule has 1 fully saturated rings. The first-order valence-electron chi connectivity index (χ1n) is 20.3. The minimum absolute atomic E-state index is 0.0450. The number of ether oxygens (including phenoxy) is 2. The number of rotatable bonds is 34. The van der Waals surface area contributed by atoms with Crippen molar-refractivity contribution in [3.8, 4) is 0 Å². The lowest BCUT2D eigenvalue weighted by Crippen LogP contribution is -2.64. The van der Waals surface area contributed by atoms with Crippen LogP contribution < -0.4 is 5.73 Å². The monoisotopic (exact) mass is 835 g/mol. The number of phosphoric ester groups is 2. The van der Waals surface area contributed by atoms with Crippen LogP contribution in [0.5, 0.6) is 0 Å². The van der Waals surface area contributed by atoms with Crippen molar-refractivity contribution in [3.63, 3.8) is 0 Å². The zero-order chi connectivity index (χ0) is 41.1. The topological polar surface area (TPSA) is 282 Å². The summed E-state index contributed by atoms with van der Waals surface area (Å²) < 4.78 is 49.0. The summed E-state index contributed by atoms with van der Waals surface area (Å²) in [5, 5.41) is 41.0. The Kier molecular flexibility index (Phi) is 28.4. The molecule has 0 saturated heterocycles. The van der Waals surface area contributed by atoms with Crippen molar-refractivity contribution in [1.29, 1.82) is 0 Å². The molecule has 0 heterocycles. The van der Waals surface area contributed by atoms with Crippen LogP contribution in [-0.4, -0.2) is 110 Å². The second-order valence-electron chi connectivity index (χ2n) is 14.5. The van der Waals surface area contributed by atoms with Gasteiger partial charge in [-0.3, -0.25) is 23.2 Å². The van der Waals surface area contributed by atoms with Gasteiger partial charge in [0.05, 0.1) is 6.61 Å². The molecule has 17 nitrogen and oxygen atoms in total. The van der Waals surface area contributed by atoms with E-state index in [-0.39, 0.29) is 12.8 Å². The van der Waals surface area contributed by atoms with Crippen molar-refractivity contribution in [2.75, 3.05) is 19.8 Å². The smallest absolute Gasteiger partial charge is 0.462 e. The predicted octanol–water partition coefficient (Wildman–Crippen LogP) is 4.83. The number of phosphoric acid groups is 2. The van der Waals surface area contributed by atoms with Gasteiger partial charge in [-0.2, -0.15) is 0 Å². The van der Waals surface area contributed by atoms with Crippen molar-refractivity contribution < 1.29 is 76.9 Å².